The minimum absolute atomic E-state index is 0.500. The number of nitrogens with zero attached hydrogens (tertiary/aromatic N) is 2. The summed E-state index contributed by atoms with van der Waals surface area (Å²) in [5.41, 5.74) is 3.72. The average molecular weight is 204 g/mol. The molecule has 2 aromatic rings. The van der Waals surface area contributed by atoms with Crippen LogP contribution in [0.4, 0.5) is 0 Å². The third-order valence-corrected chi connectivity index (χ3v) is 2.37. The number of aryl methyl sites for hydroxylation is 1. The van der Waals surface area contributed by atoms with Crippen molar-refractivity contribution in [1.82, 2.24) is 9.61 Å². The molecule has 2 rings (SSSR count). The SMILES string of the molecule is CC.Cc1c(C(C)C)nn2ccccc12. The normalized spacial score (nSPS) is 10.3. The van der Waals surface area contributed by atoms with Crippen LogP contribution in [0.25, 0.3) is 5.52 Å². The zero-order valence-corrected chi connectivity index (χ0v) is 10.3. The van der Waals surface area contributed by atoms with Crippen LogP contribution in [0.1, 0.15) is 44.9 Å². The van der Waals surface area contributed by atoms with Crippen LogP contribution in [0.3, 0.4) is 0 Å². The molecule has 2 aromatic heterocycles. The topological polar surface area (TPSA) is 17.3 Å². The summed E-state index contributed by atoms with van der Waals surface area (Å²) in [5.74, 6) is 0.500. The number of rotatable bonds is 1. The average Bonchev–Trinajstić information content (AvgIpc) is 2.60. The highest BCUT2D eigenvalue weighted by molar-refractivity contribution is 5.56. The summed E-state index contributed by atoms with van der Waals surface area (Å²) in [5, 5.41) is 4.53. The number of pyridine rings is 1. The fourth-order valence-electron chi connectivity index (χ4n) is 1.69. The molecule has 0 saturated carbocycles. The van der Waals surface area contributed by atoms with Crippen molar-refractivity contribution in [2.45, 2.75) is 40.5 Å². The molecule has 0 aromatic carbocycles. The first-order valence-electron chi connectivity index (χ1n) is 5.64. The van der Waals surface area contributed by atoms with Crippen LogP contribution in [0.5, 0.6) is 0 Å². The fourth-order valence-corrected chi connectivity index (χ4v) is 1.69. The third kappa shape index (κ3) is 2.20. The Labute approximate surface area is 91.9 Å². The Hall–Kier alpha value is -1.31. The van der Waals surface area contributed by atoms with E-state index in [4.69, 9.17) is 0 Å². The molecule has 0 N–H and O–H groups in total. The van der Waals surface area contributed by atoms with Gasteiger partial charge in [-0.15, -0.1) is 0 Å². The van der Waals surface area contributed by atoms with E-state index in [2.05, 4.69) is 31.9 Å². The summed E-state index contributed by atoms with van der Waals surface area (Å²) in [4.78, 5) is 0. The first kappa shape index (κ1) is 11.8. The van der Waals surface area contributed by atoms with Crippen LogP contribution in [0, 0.1) is 6.92 Å². The highest BCUT2D eigenvalue weighted by Gasteiger charge is 2.10. The summed E-state index contributed by atoms with van der Waals surface area (Å²) in [6, 6.07) is 6.16. The van der Waals surface area contributed by atoms with Crippen molar-refractivity contribution < 1.29 is 0 Å². The molecule has 0 aliphatic carbocycles. The Balaban J connectivity index is 0.000000531. The van der Waals surface area contributed by atoms with Gasteiger partial charge in [0.2, 0.25) is 0 Å². The molecule has 0 aliphatic heterocycles. The van der Waals surface area contributed by atoms with Gasteiger partial charge in [0.1, 0.15) is 0 Å². The fraction of sp³-hybridized carbons (Fsp3) is 0.462. The lowest BCUT2D eigenvalue weighted by atomic mass is 10.1. The predicted octanol–water partition coefficient (Wildman–Crippen LogP) is 3.79. The molecule has 0 fully saturated rings. The van der Waals surface area contributed by atoms with Crippen molar-refractivity contribution in [1.29, 1.82) is 0 Å². The van der Waals surface area contributed by atoms with E-state index in [0.717, 1.165) is 0 Å². The number of hydrogen-bond acceptors (Lipinski definition) is 1. The van der Waals surface area contributed by atoms with Gasteiger partial charge in [-0.05, 0) is 30.5 Å². The number of hydrogen-bond donors (Lipinski definition) is 0. The van der Waals surface area contributed by atoms with Crippen molar-refractivity contribution in [2.75, 3.05) is 0 Å². The largest absolute Gasteiger partial charge is 0.240 e. The van der Waals surface area contributed by atoms with E-state index in [0.29, 0.717) is 5.92 Å². The van der Waals surface area contributed by atoms with Crippen LogP contribution in [0.2, 0.25) is 0 Å². The maximum Gasteiger partial charge on any atom is 0.0693 e. The lowest BCUT2D eigenvalue weighted by Crippen LogP contribution is -1.91. The van der Waals surface area contributed by atoms with E-state index in [-0.39, 0.29) is 0 Å². The van der Waals surface area contributed by atoms with Gasteiger partial charge in [-0.2, -0.15) is 5.10 Å². The van der Waals surface area contributed by atoms with E-state index in [9.17, 15) is 0 Å². The molecule has 0 bridgehead atoms. The second-order valence-corrected chi connectivity index (χ2v) is 3.70. The molecule has 2 nitrogen and oxygen atoms in total. The van der Waals surface area contributed by atoms with Gasteiger partial charge in [-0.3, -0.25) is 0 Å². The Morgan fingerprint density at radius 3 is 2.40 bits per heavy atom. The maximum atomic E-state index is 4.53. The van der Waals surface area contributed by atoms with Gasteiger partial charge in [-0.25, -0.2) is 4.52 Å². The molecule has 2 heterocycles. The molecular weight excluding hydrogens is 184 g/mol. The maximum absolute atomic E-state index is 4.53. The Bertz CT molecular complexity index is 427. The van der Waals surface area contributed by atoms with Gasteiger partial charge in [0.25, 0.3) is 0 Å². The lowest BCUT2D eigenvalue weighted by Gasteiger charge is -1.99. The van der Waals surface area contributed by atoms with Crippen molar-refractivity contribution in [3.63, 3.8) is 0 Å². The molecular formula is C13H20N2. The van der Waals surface area contributed by atoms with Gasteiger partial charge in [0.05, 0.1) is 11.2 Å². The Morgan fingerprint density at radius 1 is 1.20 bits per heavy atom. The minimum Gasteiger partial charge on any atom is -0.240 e. The molecule has 0 radical (unpaired) electrons. The molecule has 0 spiro atoms. The Kier molecular flexibility index (Phi) is 3.89. The van der Waals surface area contributed by atoms with Gasteiger partial charge in [0, 0.05) is 6.20 Å². The van der Waals surface area contributed by atoms with Gasteiger partial charge >= 0.3 is 0 Å². The van der Waals surface area contributed by atoms with Crippen molar-refractivity contribution >= 4 is 5.52 Å². The van der Waals surface area contributed by atoms with Crippen LogP contribution >= 0.6 is 0 Å². The quantitative estimate of drug-likeness (QED) is 0.690. The van der Waals surface area contributed by atoms with Crippen molar-refractivity contribution in [3.8, 4) is 0 Å². The molecule has 0 aliphatic rings. The summed E-state index contributed by atoms with van der Waals surface area (Å²) in [6.07, 6.45) is 1.99. The highest BCUT2D eigenvalue weighted by Crippen LogP contribution is 2.20. The predicted molar refractivity (Wildman–Crippen MR) is 65.4 cm³/mol. The molecule has 15 heavy (non-hydrogen) atoms. The van der Waals surface area contributed by atoms with Crippen LogP contribution in [-0.4, -0.2) is 9.61 Å². The van der Waals surface area contributed by atoms with E-state index in [1.807, 2.05) is 36.7 Å². The van der Waals surface area contributed by atoms with Gasteiger partial charge in [-0.1, -0.05) is 33.8 Å². The van der Waals surface area contributed by atoms with Crippen LogP contribution < -0.4 is 0 Å². The number of aromatic nitrogens is 2. The molecule has 82 valence electrons. The van der Waals surface area contributed by atoms with Gasteiger partial charge in [0.15, 0.2) is 0 Å². The first-order valence-corrected chi connectivity index (χ1v) is 5.64. The molecule has 0 unspecified atom stereocenters. The van der Waals surface area contributed by atoms with E-state index in [1.54, 1.807) is 0 Å². The molecule has 0 amide bonds. The monoisotopic (exact) mass is 204 g/mol. The lowest BCUT2D eigenvalue weighted by molar-refractivity contribution is 0.783. The van der Waals surface area contributed by atoms with E-state index >= 15 is 0 Å². The van der Waals surface area contributed by atoms with Crippen LogP contribution in [-0.2, 0) is 0 Å². The smallest absolute Gasteiger partial charge is 0.0693 e. The minimum atomic E-state index is 0.500. The zero-order chi connectivity index (χ0) is 11.4. The first-order chi connectivity index (χ1) is 7.20. The molecule has 0 saturated heterocycles. The third-order valence-electron chi connectivity index (χ3n) is 2.37. The summed E-state index contributed by atoms with van der Waals surface area (Å²) in [7, 11) is 0. The summed E-state index contributed by atoms with van der Waals surface area (Å²) in [6.45, 7) is 10.5. The molecule has 0 atom stereocenters. The highest BCUT2D eigenvalue weighted by atomic mass is 15.2. The Morgan fingerprint density at radius 2 is 1.87 bits per heavy atom. The summed E-state index contributed by atoms with van der Waals surface area (Å²) < 4.78 is 1.95. The van der Waals surface area contributed by atoms with Crippen molar-refractivity contribution in [2.24, 2.45) is 0 Å². The van der Waals surface area contributed by atoms with E-state index in [1.165, 1.54) is 16.8 Å². The van der Waals surface area contributed by atoms with Gasteiger partial charge < -0.3 is 0 Å². The van der Waals surface area contributed by atoms with Crippen LogP contribution in [0.15, 0.2) is 24.4 Å². The van der Waals surface area contributed by atoms with Crippen molar-refractivity contribution in [3.05, 3.63) is 35.7 Å². The van der Waals surface area contributed by atoms with E-state index < -0.39 is 0 Å². The second-order valence-electron chi connectivity index (χ2n) is 3.70. The number of fused-ring (bicyclic) bond motifs is 1. The zero-order valence-electron chi connectivity index (χ0n) is 10.3. The second kappa shape index (κ2) is 4.96. The summed E-state index contributed by atoms with van der Waals surface area (Å²) >= 11 is 0. The standard InChI is InChI=1S/C11H14N2.C2H6/c1-8(2)11-9(3)10-6-4-5-7-13(10)12-11;1-2/h4-8H,1-3H3;1-2H3. The molecule has 2 heteroatoms.